The first kappa shape index (κ1) is 26.0. The Morgan fingerprint density at radius 3 is 2.51 bits per heavy atom. The number of rotatable bonds is 7. The zero-order valence-electron chi connectivity index (χ0n) is 21.2. The molecule has 0 saturated heterocycles. The number of benzene rings is 2. The van der Waals surface area contributed by atoms with Gasteiger partial charge in [-0.3, -0.25) is 9.89 Å². The van der Waals surface area contributed by atoms with Crippen LogP contribution in [0.5, 0.6) is 0 Å². The molecule has 0 atom stereocenters. The molecule has 0 radical (unpaired) electrons. The van der Waals surface area contributed by atoms with Crippen LogP contribution in [0.3, 0.4) is 0 Å². The Morgan fingerprint density at radius 2 is 1.89 bits per heavy atom. The number of aromatic nitrogens is 4. The summed E-state index contributed by atoms with van der Waals surface area (Å²) in [6.45, 7) is 7.28. The molecule has 2 aromatic carbocycles. The average Bonchev–Trinajstić information content (AvgIpc) is 3.53. The third-order valence-electron chi connectivity index (χ3n) is 5.36. The van der Waals surface area contributed by atoms with Crippen LogP contribution in [0.15, 0.2) is 67.0 Å². The van der Waals surface area contributed by atoms with Gasteiger partial charge in [0.2, 0.25) is 5.91 Å². The average molecular weight is 521 g/mol. The fourth-order valence-corrected chi connectivity index (χ4v) is 3.88. The van der Waals surface area contributed by atoms with E-state index >= 15 is 0 Å². The second-order valence-electron chi connectivity index (χ2n) is 9.44. The highest BCUT2D eigenvalue weighted by Crippen LogP contribution is 2.33. The Balaban J connectivity index is 1.65. The number of nitrogens with one attached hydrogen (secondary N) is 2. The number of alkyl halides is 1. The number of hydrogen-bond acceptors (Lipinski definition) is 5. The number of amides is 2. The van der Waals surface area contributed by atoms with E-state index in [-0.39, 0.29) is 18.2 Å². The topological polar surface area (TPSA) is 105 Å². The Bertz CT molecular complexity index is 1370. The van der Waals surface area contributed by atoms with Crippen molar-refractivity contribution in [1.82, 2.24) is 20.0 Å². The Hall–Kier alpha value is -4.11. The summed E-state index contributed by atoms with van der Waals surface area (Å²) in [5.41, 5.74) is 3.80. The van der Waals surface area contributed by atoms with Crippen molar-refractivity contribution < 1.29 is 14.3 Å². The highest BCUT2D eigenvalue weighted by Gasteiger charge is 2.28. The van der Waals surface area contributed by atoms with Crippen molar-refractivity contribution in [3.05, 3.63) is 72.6 Å². The van der Waals surface area contributed by atoms with Crippen LogP contribution in [0.1, 0.15) is 32.8 Å². The van der Waals surface area contributed by atoms with Crippen molar-refractivity contribution >= 4 is 40.8 Å². The van der Waals surface area contributed by atoms with Gasteiger partial charge in [-0.2, -0.15) is 10.2 Å². The maximum absolute atomic E-state index is 13.3. The monoisotopic (exact) mass is 520 g/mol. The van der Waals surface area contributed by atoms with Gasteiger partial charge < -0.3 is 10.1 Å². The van der Waals surface area contributed by atoms with Gasteiger partial charge in [-0.05, 0) is 75.2 Å². The van der Waals surface area contributed by atoms with E-state index in [1.54, 1.807) is 35.1 Å². The summed E-state index contributed by atoms with van der Waals surface area (Å²) in [7, 11) is 0. The molecule has 2 heterocycles. The van der Waals surface area contributed by atoms with Crippen molar-refractivity contribution in [2.75, 3.05) is 16.1 Å². The van der Waals surface area contributed by atoms with E-state index < -0.39 is 11.7 Å². The lowest BCUT2D eigenvalue weighted by molar-refractivity contribution is -0.115. The lowest BCUT2D eigenvalue weighted by Crippen LogP contribution is -2.34. The number of hydrogen-bond donors (Lipinski definition) is 2. The van der Waals surface area contributed by atoms with Gasteiger partial charge in [0.25, 0.3) is 0 Å². The van der Waals surface area contributed by atoms with E-state index in [0.29, 0.717) is 17.2 Å². The number of aryl methyl sites for hydroxylation is 1. The van der Waals surface area contributed by atoms with E-state index in [2.05, 4.69) is 20.6 Å². The molecule has 9 nitrogen and oxygen atoms in total. The number of aromatic amines is 1. The molecule has 0 unspecified atom stereocenters. The zero-order valence-corrected chi connectivity index (χ0v) is 21.9. The number of carbonyl (C=O) groups excluding carboxylic acids is 2. The molecule has 10 heteroatoms. The van der Waals surface area contributed by atoms with Crippen LogP contribution >= 0.6 is 11.6 Å². The summed E-state index contributed by atoms with van der Waals surface area (Å²) in [6, 6.07) is 16.7. The maximum Gasteiger partial charge on any atom is 0.420 e. The lowest BCUT2D eigenvalue weighted by Gasteiger charge is -2.27. The third kappa shape index (κ3) is 6.37. The minimum Gasteiger partial charge on any atom is -0.443 e. The number of H-pyrrole nitrogens is 1. The molecule has 0 aliphatic heterocycles. The van der Waals surface area contributed by atoms with Crippen molar-refractivity contribution in [3.63, 3.8) is 0 Å². The van der Waals surface area contributed by atoms with Crippen LogP contribution in [0.25, 0.3) is 16.9 Å². The molecule has 2 aromatic heterocycles. The zero-order chi connectivity index (χ0) is 26.6. The molecular formula is C27H29ClN6O3. The quantitative estimate of drug-likeness (QED) is 0.282. The highest BCUT2D eigenvalue weighted by atomic mass is 35.5. The van der Waals surface area contributed by atoms with Gasteiger partial charge in [0.15, 0.2) is 5.82 Å². The number of anilines is 3. The number of carbonyl (C=O) groups is 2. The highest BCUT2D eigenvalue weighted by molar-refractivity contribution is 6.19. The molecule has 4 aromatic rings. The molecule has 37 heavy (non-hydrogen) atoms. The molecule has 0 saturated carbocycles. The second-order valence-corrected chi connectivity index (χ2v) is 9.82. The standard InChI is InChI=1S/C27H29ClN6O3/c1-18-16-20(30-25(35)12-13-28)8-11-23(18)34(26(36)37-27(2,3)4)24-17-22(31-32-24)19-6-9-21(10-7-19)33-15-5-14-29-33/h5-11,14-17H,12-13H2,1-4H3,(H,30,35)(H,31,32). The fourth-order valence-electron chi connectivity index (χ4n) is 3.71. The number of halogens is 1. The predicted octanol–water partition coefficient (Wildman–Crippen LogP) is 6.21. The fraction of sp³-hybridized carbons (Fsp3) is 0.259. The van der Waals surface area contributed by atoms with E-state index in [0.717, 1.165) is 22.5 Å². The van der Waals surface area contributed by atoms with Gasteiger partial charge in [-0.1, -0.05) is 12.1 Å². The molecule has 192 valence electrons. The molecule has 2 N–H and O–H groups in total. The number of ether oxygens (including phenoxy) is 1. The Morgan fingerprint density at radius 1 is 1.14 bits per heavy atom. The summed E-state index contributed by atoms with van der Waals surface area (Å²) >= 11 is 5.66. The van der Waals surface area contributed by atoms with Crippen LogP contribution in [0.2, 0.25) is 0 Å². The maximum atomic E-state index is 13.3. The first-order valence-corrected chi connectivity index (χ1v) is 12.3. The SMILES string of the molecule is Cc1cc(NC(=O)CCCl)ccc1N(C(=O)OC(C)(C)C)c1cc(-c2ccc(-n3cccn3)cc2)[nH]n1. The van der Waals surface area contributed by atoms with E-state index in [4.69, 9.17) is 16.3 Å². The van der Waals surface area contributed by atoms with Crippen LogP contribution in [-0.2, 0) is 9.53 Å². The van der Waals surface area contributed by atoms with Crippen LogP contribution < -0.4 is 10.2 Å². The third-order valence-corrected chi connectivity index (χ3v) is 5.55. The van der Waals surface area contributed by atoms with Crippen LogP contribution in [0.4, 0.5) is 22.0 Å². The molecular weight excluding hydrogens is 492 g/mol. The van der Waals surface area contributed by atoms with Crippen molar-refractivity contribution in [3.8, 4) is 16.9 Å². The molecule has 0 spiro atoms. The lowest BCUT2D eigenvalue weighted by atomic mass is 10.1. The molecule has 2 amide bonds. The van der Waals surface area contributed by atoms with Gasteiger partial charge >= 0.3 is 6.09 Å². The van der Waals surface area contributed by atoms with Crippen molar-refractivity contribution in [2.24, 2.45) is 0 Å². The number of nitrogens with zero attached hydrogens (tertiary/aromatic N) is 4. The van der Waals surface area contributed by atoms with E-state index in [9.17, 15) is 9.59 Å². The Kier molecular flexibility index (Phi) is 7.63. The molecule has 0 bridgehead atoms. The summed E-state index contributed by atoms with van der Waals surface area (Å²) in [6.07, 6.45) is 3.24. The molecule has 0 fully saturated rings. The van der Waals surface area contributed by atoms with Crippen LogP contribution in [0, 0.1) is 6.92 Å². The van der Waals surface area contributed by atoms with Gasteiger partial charge in [0.05, 0.1) is 17.1 Å². The van der Waals surface area contributed by atoms with Crippen LogP contribution in [-0.4, -0.2) is 43.5 Å². The summed E-state index contributed by atoms with van der Waals surface area (Å²) < 4.78 is 7.48. The summed E-state index contributed by atoms with van der Waals surface area (Å²) in [4.78, 5) is 26.7. The molecule has 0 aliphatic rings. The smallest absolute Gasteiger partial charge is 0.420 e. The van der Waals surface area contributed by atoms with Gasteiger partial charge in [0, 0.05) is 36.4 Å². The Labute approximate surface area is 220 Å². The van der Waals surface area contributed by atoms with Gasteiger partial charge in [0.1, 0.15) is 5.60 Å². The summed E-state index contributed by atoms with van der Waals surface area (Å²) in [5.74, 6) is 0.437. The first-order valence-electron chi connectivity index (χ1n) is 11.8. The minimum atomic E-state index is -0.708. The molecule has 4 rings (SSSR count). The summed E-state index contributed by atoms with van der Waals surface area (Å²) in [5, 5.41) is 14.5. The largest absolute Gasteiger partial charge is 0.443 e. The van der Waals surface area contributed by atoms with Gasteiger partial charge in [-0.25, -0.2) is 14.4 Å². The minimum absolute atomic E-state index is 0.179. The normalized spacial score (nSPS) is 11.3. The molecule has 0 aliphatic carbocycles. The second kappa shape index (κ2) is 10.9. The van der Waals surface area contributed by atoms with Crippen molar-refractivity contribution in [2.45, 2.75) is 39.7 Å². The van der Waals surface area contributed by atoms with Gasteiger partial charge in [-0.15, -0.1) is 11.6 Å². The van der Waals surface area contributed by atoms with Crippen molar-refractivity contribution in [1.29, 1.82) is 0 Å². The first-order chi connectivity index (χ1) is 17.6. The van der Waals surface area contributed by atoms with E-state index in [1.165, 1.54) is 4.90 Å². The van der Waals surface area contributed by atoms with E-state index in [1.807, 2.05) is 64.2 Å². The predicted molar refractivity (Wildman–Crippen MR) is 145 cm³/mol.